The Morgan fingerprint density at radius 1 is 1.40 bits per heavy atom. The van der Waals surface area contributed by atoms with Crippen LogP contribution in [0.4, 0.5) is 10.1 Å². The Balaban J connectivity index is 2.62. The second kappa shape index (κ2) is 3.33. The minimum absolute atomic E-state index is 0.0896. The molecule has 15 heavy (non-hydrogen) atoms. The summed E-state index contributed by atoms with van der Waals surface area (Å²) in [6.07, 6.45) is 0. The van der Waals surface area contributed by atoms with Crippen molar-refractivity contribution in [3.05, 3.63) is 29.1 Å². The van der Waals surface area contributed by atoms with Crippen molar-refractivity contribution in [1.82, 2.24) is 0 Å². The number of hydrogen-bond acceptors (Lipinski definition) is 1. The molecule has 1 aliphatic heterocycles. The lowest BCUT2D eigenvalue weighted by Gasteiger charge is -2.14. The summed E-state index contributed by atoms with van der Waals surface area (Å²) in [5, 5.41) is 2.62. The fourth-order valence-electron chi connectivity index (χ4n) is 2.19. The van der Waals surface area contributed by atoms with Crippen LogP contribution in [-0.4, -0.2) is 5.91 Å². The van der Waals surface area contributed by atoms with Gasteiger partial charge in [0.1, 0.15) is 5.82 Å². The van der Waals surface area contributed by atoms with E-state index in [9.17, 15) is 9.18 Å². The van der Waals surface area contributed by atoms with Crippen LogP contribution in [-0.2, 0) is 4.79 Å². The van der Waals surface area contributed by atoms with Crippen LogP contribution in [0.5, 0.6) is 0 Å². The molecule has 1 atom stereocenters. The van der Waals surface area contributed by atoms with Gasteiger partial charge in [-0.1, -0.05) is 19.9 Å². The van der Waals surface area contributed by atoms with Crippen molar-refractivity contribution in [2.24, 2.45) is 5.92 Å². The molecule has 0 aromatic heterocycles. The number of nitrogens with one attached hydrogen (secondary N) is 1. The maximum absolute atomic E-state index is 13.5. The first-order valence-electron chi connectivity index (χ1n) is 5.12. The number of aryl methyl sites for hydroxylation is 1. The SMILES string of the molecule is Cc1ccc(F)c2c1C(C(C)C)C(=O)N2. The van der Waals surface area contributed by atoms with Crippen LogP contribution in [0.1, 0.15) is 30.9 Å². The largest absolute Gasteiger partial charge is 0.323 e. The van der Waals surface area contributed by atoms with Crippen LogP contribution in [0, 0.1) is 18.7 Å². The van der Waals surface area contributed by atoms with Crippen LogP contribution in [0.2, 0.25) is 0 Å². The van der Waals surface area contributed by atoms with E-state index in [1.165, 1.54) is 6.07 Å². The van der Waals surface area contributed by atoms with Crippen molar-refractivity contribution in [2.45, 2.75) is 26.7 Å². The number of fused-ring (bicyclic) bond motifs is 1. The second-order valence-electron chi connectivity index (χ2n) is 4.36. The van der Waals surface area contributed by atoms with E-state index in [0.717, 1.165) is 11.1 Å². The lowest BCUT2D eigenvalue weighted by Crippen LogP contribution is -2.17. The van der Waals surface area contributed by atoms with Gasteiger partial charge < -0.3 is 5.32 Å². The highest BCUT2D eigenvalue weighted by atomic mass is 19.1. The van der Waals surface area contributed by atoms with Crippen molar-refractivity contribution in [3.63, 3.8) is 0 Å². The van der Waals surface area contributed by atoms with E-state index in [2.05, 4.69) is 5.32 Å². The topological polar surface area (TPSA) is 29.1 Å². The molecule has 0 saturated carbocycles. The Morgan fingerprint density at radius 2 is 2.07 bits per heavy atom. The first-order valence-corrected chi connectivity index (χ1v) is 5.12. The maximum Gasteiger partial charge on any atom is 0.232 e. The number of amides is 1. The molecule has 1 aliphatic rings. The van der Waals surface area contributed by atoms with E-state index in [4.69, 9.17) is 0 Å². The second-order valence-corrected chi connectivity index (χ2v) is 4.36. The third-order valence-electron chi connectivity index (χ3n) is 2.92. The maximum atomic E-state index is 13.5. The third-order valence-corrected chi connectivity index (χ3v) is 2.92. The molecule has 1 aromatic rings. The fraction of sp³-hybridized carbons (Fsp3) is 0.417. The molecule has 1 amide bonds. The van der Waals surface area contributed by atoms with E-state index in [1.54, 1.807) is 6.07 Å². The van der Waals surface area contributed by atoms with Crippen LogP contribution >= 0.6 is 0 Å². The summed E-state index contributed by atoms with van der Waals surface area (Å²) >= 11 is 0. The molecule has 0 fully saturated rings. The number of rotatable bonds is 1. The fourth-order valence-corrected chi connectivity index (χ4v) is 2.19. The molecule has 2 rings (SSSR count). The van der Waals surface area contributed by atoms with Gasteiger partial charge in [0, 0.05) is 0 Å². The summed E-state index contributed by atoms with van der Waals surface area (Å²) in [4.78, 5) is 11.7. The molecule has 0 aliphatic carbocycles. The van der Waals surface area contributed by atoms with Crippen LogP contribution in [0.3, 0.4) is 0 Å². The van der Waals surface area contributed by atoms with E-state index < -0.39 is 0 Å². The van der Waals surface area contributed by atoms with Gasteiger partial charge in [-0.15, -0.1) is 0 Å². The number of carbonyl (C=O) groups is 1. The summed E-state index contributed by atoms with van der Waals surface area (Å²) in [6.45, 7) is 5.86. The lowest BCUT2D eigenvalue weighted by molar-refractivity contribution is -0.117. The van der Waals surface area contributed by atoms with Crippen LogP contribution in [0.25, 0.3) is 0 Å². The average Bonchev–Trinajstić information content (AvgIpc) is 2.50. The van der Waals surface area contributed by atoms with Crippen molar-refractivity contribution in [1.29, 1.82) is 0 Å². The molecule has 1 unspecified atom stereocenters. The number of anilines is 1. The van der Waals surface area contributed by atoms with Gasteiger partial charge in [0.25, 0.3) is 0 Å². The molecule has 0 radical (unpaired) electrons. The van der Waals surface area contributed by atoms with Gasteiger partial charge in [-0.05, 0) is 30.0 Å². The number of halogens is 1. The minimum atomic E-state index is -0.341. The Morgan fingerprint density at radius 3 is 2.67 bits per heavy atom. The number of benzene rings is 1. The minimum Gasteiger partial charge on any atom is -0.323 e. The van der Waals surface area contributed by atoms with Crippen molar-refractivity contribution in [3.8, 4) is 0 Å². The van der Waals surface area contributed by atoms with Gasteiger partial charge in [-0.25, -0.2) is 4.39 Å². The highest BCUT2D eigenvalue weighted by molar-refractivity contribution is 6.03. The summed E-state index contributed by atoms with van der Waals surface area (Å²) in [5.41, 5.74) is 2.18. The number of hydrogen-bond donors (Lipinski definition) is 1. The van der Waals surface area contributed by atoms with E-state index in [1.807, 2.05) is 20.8 Å². The molecular weight excluding hydrogens is 193 g/mol. The predicted molar refractivity (Wildman–Crippen MR) is 57.3 cm³/mol. The predicted octanol–water partition coefficient (Wildman–Crippen LogP) is 2.83. The van der Waals surface area contributed by atoms with Gasteiger partial charge >= 0.3 is 0 Å². The average molecular weight is 207 g/mol. The zero-order valence-electron chi connectivity index (χ0n) is 9.10. The Hall–Kier alpha value is -1.38. The van der Waals surface area contributed by atoms with Gasteiger partial charge in [-0.2, -0.15) is 0 Å². The Bertz CT molecular complexity index is 426. The van der Waals surface area contributed by atoms with Gasteiger partial charge in [0.15, 0.2) is 0 Å². The van der Waals surface area contributed by atoms with Gasteiger partial charge in [0.2, 0.25) is 5.91 Å². The smallest absolute Gasteiger partial charge is 0.232 e. The van der Waals surface area contributed by atoms with Crippen molar-refractivity contribution in [2.75, 3.05) is 5.32 Å². The molecule has 0 saturated heterocycles. The number of carbonyl (C=O) groups excluding carboxylic acids is 1. The third kappa shape index (κ3) is 1.42. The van der Waals surface area contributed by atoms with E-state index >= 15 is 0 Å². The highest BCUT2D eigenvalue weighted by Gasteiger charge is 2.35. The molecule has 2 nitrogen and oxygen atoms in total. The molecule has 1 heterocycles. The lowest BCUT2D eigenvalue weighted by atomic mass is 9.87. The van der Waals surface area contributed by atoms with Gasteiger partial charge in [-0.3, -0.25) is 4.79 Å². The molecule has 1 aromatic carbocycles. The highest BCUT2D eigenvalue weighted by Crippen LogP contribution is 2.40. The zero-order chi connectivity index (χ0) is 11.2. The molecule has 1 N–H and O–H groups in total. The van der Waals surface area contributed by atoms with Crippen LogP contribution in [0.15, 0.2) is 12.1 Å². The first kappa shape index (κ1) is 10.1. The normalized spacial score (nSPS) is 19.3. The quantitative estimate of drug-likeness (QED) is 0.753. The standard InChI is InChI=1S/C12H14FNO/c1-6(2)9-10-7(3)4-5-8(13)11(10)14-12(9)15/h4-6,9H,1-3H3,(H,14,15). The monoisotopic (exact) mass is 207 g/mol. The van der Waals surface area contributed by atoms with Crippen LogP contribution < -0.4 is 5.32 Å². The van der Waals surface area contributed by atoms with Crippen molar-refractivity contribution < 1.29 is 9.18 Å². The van der Waals surface area contributed by atoms with E-state index in [-0.39, 0.29) is 23.6 Å². The van der Waals surface area contributed by atoms with Gasteiger partial charge in [0.05, 0.1) is 11.6 Å². The van der Waals surface area contributed by atoms with Crippen molar-refractivity contribution >= 4 is 11.6 Å². The summed E-state index contributed by atoms with van der Waals surface area (Å²) < 4.78 is 13.5. The summed E-state index contributed by atoms with van der Waals surface area (Å²) in [6, 6.07) is 3.13. The summed E-state index contributed by atoms with van der Waals surface area (Å²) in [7, 11) is 0. The van der Waals surface area contributed by atoms with E-state index in [0.29, 0.717) is 5.69 Å². The molecule has 3 heteroatoms. The zero-order valence-corrected chi connectivity index (χ0v) is 9.10. The Kier molecular flexibility index (Phi) is 2.25. The molecule has 0 spiro atoms. The first-order chi connectivity index (χ1) is 7.02. The molecule has 0 bridgehead atoms. The molecule has 80 valence electrons. The molecular formula is C12H14FNO. The Labute approximate surface area is 88.5 Å². The summed E-state index contributed by atoms with van der Waals surface area (Å²) in [5.74, 6) is -0.456.